The largest absolute Gasteiger partial charge is 0.482 e. The predicted molar refractivity (Wildman–Crippen MR) is 99.4 cm³/mol. The predicted octanol–water partition coefficient (Wildman–Crippen LogP) is 5.14. The molecule has 25 heavy (non-hydrogen) atoms. The van der Waals surface area contributed by atoms with Gasteiger partial charge >= 0.3 is 0 Å². The Morgan fingerprint density at radius 3 is 2.28 bits per heavy atom. The summed E-state index contributed by atoms with van der Waals surface area (Å²) >= 11 is 6.00. The molecule has 2 unspecified atom stereocenters. The number of rotatable bonds is 3. The van der Waals surface area contributed by atoms with Crippen molar-refractivity contribution >= 4 is 23.1 Å². The summed E-state index contributed by atoms with van der Waals surface area (Å²) in [6, 6.07) is 23.9. The Morgan fingerprint density at radius 2 is 1.52 bits per heavy atom. The average Bonchev–Trinajstić information content (AvgIpc) is 2.65. The quantitative estimate of drug-likeness (QED) is 0.711. The van der Waals surface area contributed by atoms with Gasteiger partial charge in [-0.25, -0.2) is 0 Å². The Morgan fingerprint density at radius 1 is 0.840 bits per heavy atom. The normalized spacial score (nSPS) is 19.0. The number of anilines is 1. The van der Waals surface area contributed by atoms with Gasteiger partial charge in [0, 0.05) is 10.7 Å². The van der Waals surface area contributed by atoms with E-state index in [1.807, 2.05) is 72.8 Å². The van der Waals surface area contributed by atoms with E-state index in [0.29, 0.717) is 16.3 Å². The number of benzene rings is 3. The third-order valence-corrected chi connectivity index (χ3v) is 4.54. The van der Waals surface area contributed by atoms with Gasteiger partial charge in [0.1, 0.15) is 11.8 Å². The van der Waals surface area contributed by atoms with Crippen LogP contribution in [0.2, 0.25) is 5.02 Å². The third-order valence-electron chi connectivity index (χ3n) is 4.29. The Kier molecular flexibility index (Phi) is 4.16. The van der Waals surface area contributed by atoms with Gasteiger partial charge in [0.05, 0.1) is 5.56 Å². The number of hydrogen-bond acceptors (Lipinski definition) is 3. The fourth-order valence-corrected chi connectivity index (χ4v) is 3.18. The molecule has 1 N–H and O–H groups in total. The molecule has 3 nitrogen and oxygen atoms in total. The van der Waals surface area contributed by atoms with Gasteiger partial charge in [-0.1, -0.05) is 54.1 Å². The van der Waals surface area contributed by atoms with Crippen molar-refractivity contribution in [3.8, 4) is 5.75 Å². The van der Waals surface area contributed by atoms with E-state index in [9.17, 15) is 4.79 Å². The maximum absolute atomic E-state index is 13.1. The van der Waals surface area contributed by atoms with Crippen LogP contribution in [0.15, 0.2) is 78.9 Å². The molecule has 0 bridgehead atoms. The number of ketones is 1. The van der Waals surface area contributed by atoms with Crippen molar-refractivity contribution < 1.29 is 9.53 Å². The van der Waals surface area contributed by atoms with Crippen LogP contribution in [-0.2, 0) is 0 Å². The van der Waals surface area contributed by atoms with Crippen LogP contribution in [0.4, 0.5) is 5.69 Å². The van der Waals surface area contributed by atoms with Crippen molar-refractivity contribution in [3.05, 3.63) is 95.0 Å². The van der Waals surface area contributed by atoms with E-state index in [2.05, 4.69) is 5.32 Å². The average molecular weight is 350 g/mol. The number of carbonyl (C=O) groups is 1. The number of Topliss-reactive ketones (excluding diaryl/α,β-unsaturated/α-hetero) is 1. The third kappa shape index (κ3) is 3.11. The molecule has 0 fully saturated rings. The molecule has 124 valence electrons. The molecule has 0 amide bonds. The standard InChI is InChI=1S/C21H16ClNO2/c22-15-12-10-14(11-13-15)21-19(23-16-6-2-1-3-7-16)20(24)17-8-4-5-9-18(17)25-21/h1-13,19,21,23H. The van der Waals surface area contributed by atoms with Crippen LogP contribution < -0.4 is 10.1 Å². The molecule has 3 aromatic rings. The maximum Gasteiger partial charge on any atom is 0.192 e. The van der Waals surface area contributed by atoms with Crippen molar-refractivity contribution in [1.82, 2.24) is 0 Å². The molecule has 4 heteroatoms. The molecule has 1 aliphatic heterocycles. The smallest absolute Gasteiger partial charge is 0.192 e. The second-order valence-electron chi connectivity index (χ2n) is 5.94. The van der Waals surface area contributed by atoms with Crippen LogP contribution in [0.1, 0.15) is 22.0 Å². The summed E-state index contributed by atoms with van der Waals surface area (Å²) in [5.74, 6) is 0.629. The number of halogens is 1. The Labute approximate surface area is 151 Å². The summed E-state index contributed by atoms with van der Waals surface area (Å²) in [6.07, 6.45) is -0.431. The first-order valence-electron chi connectivity index (χ1n) is 8.09. The second kappa shape index (κ2) is 6.61. The first-order chi connectivity index (χ1) is 12.2. The van der Waals surface area contributed by atoms with Crippen LogP contribution in [0, 0.1) is 0 Å². The van der Waals surface area contributed by atoms with E-state index in [1.165, 1.54) is 0 Å². The minimum atomic E-state index is -0.515. The highest BCUT2D eigenvalue weighted by atomic mass is 35.5. The van der Waals surface area contributed by atoms with Crippen molar-refractivity contribution in [1.29, 1.82) is 0 Å². The van der Waals surface area contributed by atoms with Gasteiger partial charge in [0.2, 0.25) is 0 Å². The van der Waals surface area contributed by atoms with Crippen LogP contribution in [0.25, 0.3) is 0 Å². The van der Waals surface area contributed by atoms with Gasteiger partial charge < -0.3 is 10.1 Å². The lowest BCUT2D eigenvalue weighted by atomic mass is 9.91. The first kappa shape index (κ1) is 15.7. The van der Waals surface area contributed by atoms with Gasteiger partial charge in [0.15, 0.2) is 11.9 Å². The first-order valence-corrected chi connectivity index (χ1v) is 8.47. The second-order valence-corrected chi connectivity index (χ2v) is 6.37. The summed E-state index contributed by atoms with van der Waals surface area (Å²) in [6.45, 7) is 0. The molecule has 4 rings (SSSR count). The van der Waals surface area contributed by atoms with Crippen molar-refractivity contribution in [3.63, 3.8) is 0 Å². The van der Waals surface area contributed by atoms with E-state index in [1.54, 1.807) is 6.07 Å². The lowest BCUT2D eigenvalue weighted by Crippen LogP contribution is -2.42. The molecule has 3 aromatic carbocycles. The fourth-order valence-electron chi connectivity index (χ4n) is 3.05. The Balaban J connectivity index is 1.75. The van der Waals surface area contributed by atoms with E-state index in [0.717, 1.165) is 11.3 Å². The molecule has 2 atom stereocenters. The van der Waals surface area contributed by atoms with E-state index >= 15 is 0 Å². The van der Waals surface area contributed by atoms with E-state index in [-0.39, 0.29) is 5.78 Å². The highest BCUT2D eigenvalue weighted by Gasteiger charge is 2.38. The summed E-state index contributed by atoms with van der Waals surface area (Å²) < 4.78 is 6.19. The number of hydrogen-bond donors (Lipinski definition) is 1. The highest BCUT2D eigenvalue weighted by molar-refractivity contribution is 6.30. The molecular formula is C21H16ClNO2. The minimum absolute atomic E-state index is 0.0191. The molecule has 1 heterocycles. The van der Waals surface area contributed by atoms with E-state index < -0.39 is 12.1 Å². The number of nitrogens with one attached hydrogen (secondary N) is 1. The van der Waals surface area contributed by atoms with Gasteiger partial charge in [-0.2, -0.15) is 0 Å². The van der Waals surface area contributed by atoms with Crippen LogP contribution >= 0.6 is 11.6 Å². The summed E-state index contributed by atoms with van der Waals surface area (Å²) in [5, 5.41) is 3.98. The topological polar surface area (TPSA) is 38.3 Å². The lowest BCUT2D eigenvalue weighted by Gasteiger charge is -2.33. The molecule has 0 aliphatic carbocycles. The SMILES string of the molecule is O=C1c2ccccc2OC(c2ccc(Cl)cc2)C1Nc1ccccc1. The minimum Gasteiger partial charge on any atom is -0.482 e. The zero-order valence-corrected chi connectivity index (χ0v) is 14.1. The maximum atomic E-state index is 13.1. The van der Waals surface area contributed by atoms with Gasteiger partial charge in [-0.05, 0) is 42.0 Å². The number of ether oxygens (including phenoxy) is 1. The highest BCUT2D eigenvalue weighted by Crippen LogP contribution is 2.36. The van der Waals surface area contributed by atoms with Crippen molar-refractivity contribution in [2.24, 2.45) is 0 Å². The summed E-state index contributed by atoms with van der Waals surface area (Å²) in [5.41, 5.74) is 2.38. The number of para-hydroxylation sites is 2. The van der Waals surface area contributed by atoms with Crippen molar-refractivity contribution in [2.45, 2.75) is 12.1 Å². The van der Waals surface area contributed by atoms with Gasteiger partial charge in [-0.3, -0.25) is 4.79 Å². The lowest BCUT2D eigenvalue weighted by molar-refractivity contribution is 0.0812. The van der Waals surface area contributed by atoms with Crippen LogP contribution in [-0.4, -0.2) is 11.8 Å². The summed E-state index contributed by atoms with van der Waals surface area (Å²) in [7, 11) is 0. The van der Waals surface area contributed by atoms with Crippen LogP contribution in [0.3, 0.4) is 0 Å². The van der Waals surface area contributed by atoms with Crippen molar-refractivity contribution in [2.75, 3.05) is 5.32 Å². The molecular weight excluding hydrogens is 334 g/mol. The zero-order chi connectivity index (χ0) is 17.2. The molecule has 0 saturated carbocycles. The van der Waals surface area contributed by atoms with E-state index in [4.69, 9.17) is 16.3 Å². The monoisotopic (exact) mass is 349 g/mol. The number of fused-ring (bicyclic) bond motifs is 1. The molecule has 0 spiro atoms. The molecule has 0 aromatic heterocycles. The molecule has 1 aliphatic rings. The summed E-state index contributed by atoms with van der Waals surface area (Å²) in [4.78, 5) is 13.1. The molecule has 0 saturated heterocycles. The Hall–Kier alpha value is -2.78. The van der Waals surface area contributed by atoms with Gasteiger partial charge in [0.25, 0.3) is 0 Å². The van der Waals surface area contributed by atoms with Gasteiger partial charge in [-0.15, -0.1) is 0 Å². The molecule has 0 radical (unpaired) electrons. The Bertz CT molecular complexity index is 893. The van der Waals surface area contributed by atoms with Crippen LogP contribution in [0.5, 0.6) is 5.75 Å². The number of carbonyl (C=O) groups excluding carboxylic acids is 1. The zero-order valence-electron chi connectivity index (χ0n) is 13.4. The fraction of sp³-hybridized carbons (Fsp3) is 0.0952.